The van der Waals surface area contributed by atoms with Crippen molar-refractivity contribution in [3.05, 3.63) is 42.0 Å². The van der Waals surface area contributed by atoms with E-state index in [0.717, 1.165) is 0 Å². The topological polar surface area (TPSA) is 100 Å². The largest absolute Gasteiger partial charge is 0.497 e. The molecule has 0 unspecified atom stereocenters. The molecule has 0 saturated carbocycles. The number of rotatable bonds is 8. The SMILES string of the molecule is COC(=O)COc1ccc(S(=O)(=O)Nc2ccc(OC)cc2OC)cc1C. The summed E-state index contributed by atoms with van der Waals surface area (Å²) in [6.07, 6.45) is 0. The molecule has 0 aliphatic rings. The molecule has 1 N–H and O–H groups in total. The summed E-state index contributed by atoms with van der Waals surface area (Å²) in [7, 11) is 0.338. The molecule has 27 heavy (non-hydrogen) atoms. The second-order valence-corrected chi connectivity index (χ2v) is 7.15. The van der Waals surface area contributed by atoms with Gasteiger partial charge < -0.3 is 18.9 Å². The quantitative estimate of drug-likeness (QED) is 0.685. The van der Waals surface area contributed by atoms with Crippen LogP contribution in [0.2, 0.25) is 0 Å². The molecule has 0 bridgehead atoms. The van der Waals surface area contributed by atoms with E-state index in [-0.39, 0.29) is 17.2 Å². The molecule has 2 aromatic carbocycles. The van der Waals surface area contributed by atoms with Crippen LogP contribution in [0.5, 0.6) is 17.2 Å². The summed E-state index contributed by atoms with van der Waals surface area (Å²) in [4.78, 5) is 11.2. The minimum Gasteiger partial charge on any atom is -0.497 e. The number of sulfonamides is 1. The number of hydrogen-bond donors (Lipinski definition) is 1. The van der Waals surface area contributed by atoms with Crippen LogP contribution in [0.25, 0.3) is 0 Å². The van der Waals surface area contributed by atoms with Gasteiger partial charge in [-0.3, -0.25) is 4.72 Å². The van der Waals surface area contributed by atoms with E-state index in [9.17, 15) is 13.2 Å². The van der Waals surface area contributed by atoms with Crippen molar-refractivity contribution in [2.24, 2.45) is 0 Å². The molecule has 146 valence electrons. The van der Waals surface area contributed by atoms with Gasteiger partial charge in [0.25, 0.3) is 10.0 Å². The fourth-order valence-electron chi connectivity index (χ4n) is 2.23. The number of esters is 1. The molecular formula is C18H21NO7S. The zero-order valence-corrected chi connectivity index (χ0v) is 16.3. The van der Waals surface area contributed by atoms with Crippen LogP contribution in [0.4, 0.5) is 5.69 Å². The van der Waals surface area contributed by atoms with Gasteiger partial charge in [-0.15, -0.1) is 0 Å². The Morgan fingerprint density at radius 3 is 2.33 bits per heavy atom. The Kier molecular flexibility index (Phi) is 6.51. The first-order chi connectivity index (χ1) is 12.8. The number of aryl methyl sites for hydroxylation is 1. The molecule has 0 amide bonds. The van der Waals surface area contributed by atoms with Crippen molar-refractivity contribution in [3.8, 4) is 17.2 Å². The van der Waals surface area contributed by atoms with E-state index in [4.69, 9.17) is 14.2 Å². The summed E-state index contributed by atoms with van der Waals surface area (Å²) in [6, 6.07) is 9.07. The lowest BCUT2D eigenvalue weighted by Crippen LogP contribution is -2.15. The highest BCUT2D eigenvalue weighted by atomic mass is 32.2. The number of carbonyl (C=O) groups is 1. The van der Waals surface area contributed by atoms with Gasteiger partial charge in [-0.05, 0) is 42.8 Å². The molecule has 0 spiro atoms. The van der Waals surface area contributed by atoms with Gasteiger partial charge in [0.15, 0.2) is 6.61 Å². The average molecular weight is 395 g/mol. The predicted molar refractivity (Wildman–Crippen MR) is 99.0 cm³/mol. The normalized spacial score (nSPS) is 10.8. The van der Waals surface area contributed by atoms with Crippen LogP contribution in [0, 0.1) is 6.92 Å². The van der Waals surface area contributed by atoms with Crippen LogP contribution < -0.4 is 18.9 Å². The van der Waals surface area contributed by atoms with Gasteiger partial charge in [0.05, 0.1) is 31.9 Å². The number of nitrogens with one attached hydrogen (secondary N) is 1. The van der Waals surface area contributed by atoms with Crippen molar-refractivity contribution in [1.29, 1.82) is 0 Å². The zero-order valence-electron chi connectivity index (χ0n) is 15.4. The van der Waals surface area contributed by atoms with Crippen molar-refractivity contribution in [2.45, 2.75) is 11.8 Å². The van der Waals surface area contributed by atoms with Crippen LogP contribution in [-0.4, -0.2) is 42.3 Å². The Hall–Kier alpha value is -2.94. The molecule has 8 nitrogen and oxygen atoms in total. The molecular weight excluding hydrogens is 374 g/mol. The van der Waals surface area contributed by atoms with E-state index in [1.807, 2.05) is 0 Å². The first-order valence-electron chi connectivity index (χ1n) is 7.86. The summed E-state index contributed by atoms with van der Waals surface area (Å²) >= 11 is 0. The van der Waals surface area contributed by atoms with Crippen molar-refractivity contribution in [1.82, 2.24) is 0 Å². The highest BCUT2D eigenvalue weighted by Crippen LogP contribution is 2.31. The summed E-state index contributed by atoms with van der Waals surface area (Å²) in [5, 5.41) is 0. The zero-order chi connectivity index (χ0) is 20.0. The highest BCUT2D eigenvalue weighted by Gasteiger charge is 2.18. The van der Waals surface area contributed by atoms with Gasteiger partial charge in [0.1, 0.15) is 17.2 Å². The molecule has 0 aromatic heterocycles. The Bertz CT molecular complexity index is 925. The van der Waals surface area contributed by atoms with Gasteiger partial charge in [-0.1, -0.05) is 0 Å². The Labute approximate surface area is 158 Å². The van der Waals surface area contributed by atoms with Crippen molar-refractivity contribution < 1.29 is 32.2 Å². The van der Waals surface area contributed by atoms with Crippen LogP contribution in [0.1, 0.15) is 5.56 Å². The maximum absolute atomic E-state index is 12.7. The molecule has 0 saturated heterocycles. The summed E-state index contributed by atoms with van der Waals surface area (Å²) < 4.78 is 48.0. The molecule has 9 heteroatoms. The third-order valence-corrected chi connectivity index (χ3v) is 5.05. The predicted octanol–water partition coefficient (Wildman–Crippen LogP) is 2.36. The van der Waals surface area contributed by atoms with E-state index in [2.05, 4.69) is 9.46 Å². The molecule has 2 aromatic rings. The minimum atomic E-state index is -3.86. The van der Waals surface area contributed by atoms with E-state index in [0.29, 0.717) is 22.8 Å². The smallest absolute Gasteiger partial charge is 0.343 e. The lowest BCUT2D eigenvalue weighted by atomic mass is 10.2. The number of hydrogen-bond acceptors (Lipinski definition) is 7. The molecule has 0 aliphatic heterocycles. The van der Waals surface area contributed by atoms with Crippen LogP contribution in [0.3, 0.4) is 0 Å². The number of anilines is 1. The summed E-state index contributed by atoms with van der Waals surface area (Å²) in [5.74, 6) is 0.728. The third kappa shape index (κ3) is 5.04. The first kappa shape index (κ1) is 20.4. The van der Waals surface area contributed by atoms with Gasteiger partial charge in [-0.2, -0.15) is 0 Å². The minimum absolute atomic E-state index is 0.0447. The Balaban J connectivity index is 2.24. The number of methoxy groups -OCH3 is 3. The number of benzene rings is 2. The Morgan fingerprint density at radius 2 is 1.74 bits per heavy atom. The summed E-state index contributed by atoms with van der Waals surface area (Å²) in [5.41, 5.74) is 0.838. The first-order valence-corrected chi connectivity index (χ1v) is 9.34. The van der Waals surface area contributed by atoms with Crippen LogP contribution >= 0.6 is 0 Å². The van der Waals surface area contributed by atoms with Crippen molar-refractivity contribution in [2.75, 3.05) is 32.7 Å². The van der Waals surface area contributed by atoms with E-state index in [1.165, 1.54) is 39.5 Å². The monoisotopic (exact) mass is 395 g/mol. The molecule has 0 atom stereocenters. The average Bonchev–Trinajstić information content (AvgIpc) is 2.66. The highest BCUT2D eigenvalue weighted by molar-refractivity contribution is 7.92. The van der Waals surface area contributed by atoms with Gasteiger partial charge in [-0.25, -0.2) is 13.2 Å². The van der Waals surface area contributed by atoms with E-state index >= 15 is 0 Å². The maximum atomic E-state index is 12.7. The molecule has 0 fully saturated rings. The molecule has 2 rings (SSSR count). The third-order valence-electron chi connectivity index (χ3n) is 3.68. The maximum Gasteiger partial charge on any atom is 0.343 e. The van der Waals surface area contributed by atoms with Gasteiger partial charge in [0, 0.05) is 6.07 Å². The molecule has 0 heterocycles. The fraction of sp³-hybridized carbons (Fsp3) is 0.278. The summed E-state index contributed by atoms with van der Waals surface area (Å²) in [6.45, 7) is 1.42. The fourth-order valence-corrected chi connectivity index (χ4v) is 3.39. The second-order valence-electron chi connectivity index (χ2n) is 5.46. The lowest BCUT2D eigenvalue weighted by Gasteiger charge is -2.14. The standard InChI is InChI=1S/C18H21NO7S/c1-12-9-14(6-8-16(12)26-11-18(20)25-4)27(21,22)19-15-7-5-13(23-2)10-17(15)24-3/h5-10,19H,11H2,1-4H3. The van der Waals surface area contributed by atoms with E-state index < -0.39 is 16.0 Å². The van der Waals surface area contributed by atoms with Crippen LogP contribution in [-0.2, 0) is 19.6 Å². The van der Waals surface area contributed by atoms with Crippen molar-refractivity contribution >= 4 is 21.7 Å². The Morgan fingerprint density at radius 1 is 1.00 bits per heavy atom. The molecule has 0 aliphatic carbocycles. The van der Waals surface area contributed by atoms with Crippen LogP contribution in [0.15, 0.2) is 41.3 Å². The van der Waals surface area contributed by atoms with Gasteiger partial charge >= 0.3 is 5.97 Å². The lowest BCUT2D eigenvalue weighted by molar-refractivity contribution is -0.142. The second kappa shape index (κ2) is 8.63. The van der Waals surface area contributed by atoms with Gasteiger partial charge in [0.2, 0.25) is 0 Å². The van der Waals surface area contributed by atoms with E-state index in [1.54, 1.807) is 25.1 Å². The molecule has 0 radical (unpaired) electrons. The number of ether oxygens (including phenoxy) is 4. The number of carbonyl (C=O) groups excluding carboxylic acids is 1. The van der Waals surface area contributed by atoms with Crippen molar-refractivity contribution in [3.63, 3.8) is 0 Å².